The van der Waals surface area contributed by atoms with E-state index in [1.807, 2.05) is 0 Å². The van der Waals surface area contributed by atoms with Crippen molar-refractivity contribution in [3.05, 3.63) is 29.8 Å². The Labute approximate surface area is 90.8 Å². The Kier molecular flexibility index (Phi) is 3.29. The molecule has 0 spiro atoms. The first kappa shape index (κ1) is 9.43. The molecule has 0 saturated carbocycles. The maximum Gasteiger partial charge on any atom is 0.151 e. The molecule has 0 N–H and O–H groups in total. The summed E-state index contributed by atoms with van der Waals surface area (Å²) in [4.78, 5) is 0. The molecule has 0 aliphatic heterocycles. The van der Waals surface area contributed by atoms with Crippen LogP contribution in [0.5, 0.6) is 0 Å². The highest BCUT2D eigenvalue weighted by molar-refractivity contribution is 14.2. The van der Waals surface area contributed by atoms with Crippen LogP contribution in [0.25, 0.3) is 0 Å². The van der Waals surface area contributed by atoms with Gasteiger partial charge in [0, 0.05) is 0 Å². The van der Waals surface area contributed by atoms with E-state index < -0.39 is 11.6 Å². The molecule has 0 unspecified atom stereocenters. The van der Waals surface area contributed by atoms with Gasteiger partial charge in [-0.2, -0.15) is 0 Å². The third kappa shape index (κ3) is 2.14. The summed E-state index contributed by atoms with van der Waals surface area (Å²) in [7, 11) is 0. The first-order valence-electron chi connectivity index (χ1n) is 2.68. The predicted molar refractivity (Wildman–Crippen MR) is 56.9 cm³/mol. The summed E-state index contributed by atoms with van der Waals surface area (Å²) in [6, 6.07) is 3.79. The second-order valence-electron chi connectivity index (χ2n) is 1.80. The van der Waals surface area contributed by atoms with Gasteiger partial charge < -0.3 is 0 Å². The fraction of sp³-hybridized carbons (Fsp3) is 0. The number of hydrogen-bond donors (Lipinski definition) is 0. The Bertz CT molecular complexity index is 245. The summed E-state index contributed by atoms with van der Waals surface area (Å²) in [6.45, 7) is 0. The number of halogens is 4. The van der Waals surface area contributed by atoms with E-state index in [9.17, 15) is 8.78 Å². The zero-order valence-electron chi connectivity index (χ0n) is 5.19. The van der Waals surface area contributed by atoms with Gasteiger partial charge >= 0.3 is 0 Å². The number of nitrogens with zero attached hydrogens (tertiary/aromatic N) is 1. The molecule has 1 aromatic carbocycles. The normalized spacial score (nSPS) is 9.82. The molecule has 1 rings (SSSR count). The standard InChI is InChI=1S/C6H3F2I2N/c7-4-2-1-3-5(8)6(4)11(9)10/h1-3H. The van der Waals surface area contributed by atoms with Gasteiger partial charge in [-0.1, -0.05) is 6.07 Å². The Morgan fingerprint density at radius 2 is 1.55 bits per heavy atom. The lowest BCUT2D eigenvalue weighted by atomic mass is 10.3. The maximum absolute atomic E-state index is 12.8. The van der Waals surface area contributed by atoms with E-state index in [4.69, 9.17) is 0 Å². The van der Waals surface area contributed by atoms with E-state index in [2.05, 4.69) is 0 Å². The molecule has 0 aliphatic rings. The minimum absolute atomic E-state index is 0.0197. The molecule has 0 heterocycles. The van der Waals surface area contributed by atoms with Gasteiger partial charge in [-0.05, 0) is 12.1 Å². The first-order chi connectivity index (χ1) is 5.13. The molecule has 0 amide bonds. The second kappa shape index (κ2) is 3.83. The van der Waals surface area contributed by atoms with Crippen LogP contribution < -0.4 is 1.33 Å². The highest BCUT2D eigenvalue weighted by atomic mass is 127. The molecule has 0 bridgehead atoms. The molecular formula is C6H3F2I2N. The minimum Gasteiger partial charge on any atom is -0.249 e. The Hall–Kier alpha value is 0.340. The average Bonchev–Trinajstić information content (AvgIpc) is 1.85. The van der Waals surface area contributed by atoms with Crippen molar-refractivity contribution in [2.24, 2.45) is 0 Å². The molecule has 0 atom stereocenters. The smallest absolute Gasteiger partial charge is 0.151 e. The van der Waals surface area contributed by atoms with E-state index in [0.717, 1.165) is 0 Å². The zero-order chi connectivity index (χ0) is 8.43. The average molecular weight is 381 g/mol. The third-order valence-corrected chi connectivity index (χ3v) is 2.07. The second-order valence-corrected chi connectivity index (χ2v) is 5.58. The Balaban J connectivity index is 3.21. The van der Waals surface area contributed by atoms with E-state index in [1.54, 1.807) is 45.7 Å². The van der Waals surface area contributed by atoms with E-state index in [-0.39, 0.29) is 5.69 Å². The van der Waals surface area contributed by atoms with Crippen molar-refractivity contribution in [2.45, 2.75) is 0 Å². The highest BCUT2D eigenvalue weighted by Gasteiger charge is 2.11. The van der Waals surface area contributed by atoms with Crippen molar-refractivity contribution in [1.82, 2.24) is 0 Å². The maximum atomic E-state index is 12.8. The van der Waals surface area contributed by atoms with Crippen LogP contribution in [0.1, 0.15) is 0 Å². The molecular weight excluding hydrogens is 378 g/mol. The zero-order valence-corrected chi connectivity index (χ0v) is 9.51. The third-order valence-electron chi connectivity index (χ3n) is 1.11. The van der Waals surface area contributed by atoms with Crippen LogP contribution in [0.3, 0.4) is 0 Å². The quantitative estimate of drug-likeness (QED) is 0.532. The van der Waals surface area contributed by atoms with Gasteiger partial charge in [0.15, 0.2) is 11.6 Å². The van der Waals surface area contributed by atoms with Gasteiger partial charge in [0.05, 0.1) is 45.7 Å². The van der Waals surface area contributed by atoms with Crippen molar-refractivity contribution in [1.29, 1.82) is 0 Å². The lowest BCUT2D eigenvalue weighted by Gasteiger charge is -2.08. The molecule has 0 aliphatic carbocycles. The molecule has 0 radical (unpaired) electrons. The highest BCUT2D eigenvalue weighted by Crippen LogP contribution is 2.28. The molecule has 1 aromatic rings. The van der Waals surface area contributed by atoms with Crippen LogP contribution in [0, 0.1) is 11.6 Å². The topological polar surface area (TPSA) is 3.24 Å². The van der Waals surface area contributed by atoms with Crippen molar-refractivity contribution < 1.29 is 8.78 Å². The monoisotopic (exact) mass is 381 g/mol. The lowest BCUT2D eigenvalue weighted by Crippen LogP contribution is -1.97. The number of benzene rings is 1. The van der Waals surface area contributed by atoms with Crippen LogP contribution in [0.4, 0.5) is 14.5 Å². The number of rotatable bonds is 1. The van der Waals surface area contributed by atoms with Gasteiger partial charge in [0.25, 0.3) is 0 Å². The fourth-order valence-electron chi connectivity index (χ4n) is 0.651. The van der Waals surface area contributed by atoms with Crippen molar-refractivity contribution in [3.8, 4) is 0 Å². The SMILES string of the molecule is Fc1cccc(F)c1N(I)I. The summed E-state index contributed by atoms with van der Waals surface area (Å²) >= 11 is 3.60. The summed E-state index contributed by atoms with van der Waals surface area (Å²) in [5.74, 6) is -1.09. The molecule has 0 aromatic heterocycles. The molecule has 0 saturated heterocycles. The van der Waals surface area contributed by atoms with Crippen LogP contribution in [0.2, 0.25) is 0 Å². The van der Waals surface area contributed by atoms with Crippen LogP contribution in [0.15, 0.2) is 18.2 Å². The van der Waals surface area contributed by atoms with Crippen molar-refractivity contribution in [3.63, 3.8) is 0 Å². The minimum atomic E-state index is -0.547. The molecule has 5 heteroatoms. The van der Waals surface area contributed by atoms with Crippen LogP contribution >= 0.6 is 45.7 Å². The van der Waals surface area contributed by atoms with E-state index in [0.29, 0.717) is 0 Å². The van der Waals surface area contributed by atoms with E-state index >= 15 is 0 Å². The molecule has 60 valence electrons. The fourth-order valence-corrected chi connectivity index (χ4v) is 1.57. The van der Waals surface area contributed by atoms with E-state index in [1.165, 1.54) is 19.5 Å². The number of anilines is 1. The number of hydrogen-bond acceptors (Lipinski definition) is 1. The van der Waals surface area contributed by atoms with Gasteiger partial charge in [-0.25, -0.2) is 10.1 Å². The van der Waals surface area contributed by atoms with Crippen LogP contribution in [-0.2, 0) is 0 Å². The lowest BCUT2D eigenvalue weighted by molar-refractivity contribution is 0.591. The predicted octanol–water partition coefficient (Wildman–Crippen LogP) is 3.47. The van der Waals surface area contributed by atoms with Gasteiger partial charge in [0.2, 0.25) is 0 Å². The van der Waals surface area contributed by atoms with Crippen molar-refractivity contribution >= 4 is 51.4 Å². The first-order valence-corrected chi connectivity index (χ1v) is 4.61. The van der Waals surface area contributed by atoms with Crippen molar-refractivity contribution in [2.75, 3.05) is 1.33 Å². The Morgan fingerprint density at radius 1 is 1.09 bits per heavy atom. The molecule has 1 nitrogen and oxygen atoms in total. The summed E-state index contributed by atoms with van der Waals surface area (Å²) in [6.07, 6.45) is 0. The summed E-state index contributed by atoms with van der Waals surface area (Å²) in [5, 5.41) is 0. The summed E-state index contributed by atoms with van der Waals surface area (Å²) < 4.78 is 27.0. The molecule has 0 fully saturated rings. The van der Waals surface area contributed by atoms with Gasteiger partial charge in [-0.3, -0.25) is 0 Å². The number of para-hydroxylation sites is 1. The largest absolute Gasteiger partial charge is 0.249 e. The molecule has 11 heavy (non-hydrogen) atoms. The van der Waals surface area contributed by atoms with Crippen LogP contribution in [-0.4, -0.2) is 0 Å². The Morgan fingerprint density at radius 3 is 1.82 bits per heavy atom. The summed E-state index contributed by atoms with van der Waals surface area (Å²) in [5.41, 5.74) is -0.0197. The van der Waals surface area contributed by atoms with Gasteiger partial charge in [-0.15, -0.1) is 0 Å². The van der Waals surface area contributed by atoms with Gasteiger partial charge in [0.1, 0.15) is 5.69 Å².